The molecule has 0 saturated carbocycles. The Kier molecular flexibility index (Phi) is 3.53. The van der Waals surface area contributed by atoms with Crippen LogP contribution in [0.3, 0.4) is 0 Å². The molecular weight excluding hydrogens is 192 g/mol. The molecule has 0 spiro atoms. The smallest absolute Gasteiger partial charge is 0.138 e. The lowest BCUT2D eigenvalue weighted by Crippen LogP contribution is -2.16. The predicted octanol–water partition coefficient (Wildman–Crippen LogP) is 0.969. The second-order valence-corrected chi connectivity index (χ2v) is 3.62. The highest BCUT2D eigenvalue weighted by atomic mass is 16.5. The van der Waals surface area contributed by atoms with Gasteiger partial charge in [0, 0.05) is 13.0 Å². The summed E-state index contributed by atoms with van der Waals surface area (Å²) in [5, 5.41) is 3.05. The first-order chi connectivity index (χ1) is 7.38. The van der Waals surface area contributed by atoms with Crippen molar-refractivity contribution < 1.29 is 9.47 Å². The number of hydrogen-bond acceptors (Lipinski definition) is 4. The summed E-state index contributed by atoms with van der Waals surface area (Å²) in [7, 11) is 1.90. The highest BCUT2D eigenvalue weighted by Gasteiger charge is 2.16. The minimum atomic E-state index is 0.196. The molecule has 0 aliphatic carbocycles. The lowest BCUT2D eigenvalue weighted by molar-refractivity contribution is 0.141. The summed E-state index contributed by atoms with van der Waals surface area (Å²) in [5.74, 6) is 0.824. The van der Waals surface area contributed by atoms with Crippen molar-refractivity contribution in [3.05, 3.63) is 24.0 Å². The van der Waals surface area contributed by atoms with Crippen LogP contribution in [0.4, 0.5) is 0 Å². The summed E-state index contributed by atoms with van der Waals surface area (Å²) in [6, 6.07) is 3.93. The summed E-state index contributed by atoms with van der Waals surface area (Å²) in [5.41, 5.74) is 1.02. The largest absolute Gasteiger partial charge is 0.486 e. The van der Waals surface area contributed by atoms with E-state index in [-0.39, 0.29) is 6.10 Å². The van der Waals surface area contributed by atoms with Gasteiger partial charge in [0.2, 0.25) is 0 Å². The minimum Gasteiger partial charge on any atom is -0.486 e. The highest BCUT2D eigenvalue weighted by molar-refractivity contribution is 5.20. The van der Waals surface area contributed by atoms with Gasteiger partial charge in [-0.2, -0.15) is 0 Å². The van der Waals surface area contributed by atoms with Crippen molar-refractivity contribution in [2.75, 3.05) is 20.3 Å². The fraction of sp³-hybridized carbons (Fsp3) is 0.545. The van der Waals surface area contributed by atoms with Gasteiger partial charge in [-0.3, -0.25) is 4.98 Å². The Labute approximate surface area is 89.6 Å². The maximum absolute atomic E-state index is 5.70. The first-order valence-corrected chi connectivity index (χ1v) is 5.22. The summed E-state index contributed by atoms with van der Waals surface area (Å²) >= 11 is 0. The van der Waals surface area contributed by atoms with Gasteiger partial charge in [-0.1, -0.05) is 0 Å². The Bertz CT molecular complexity index is 294. The van der Waals surface area contributed by atoms with Gasteiger partial charge in [-0.15, -0.1) is 0 Å². The fourth-order valence-corrected chi connectivity index (χ4v) is 1.56. The van der Waals surface area contributed by atoms with Crippen molar-refractivity contribution in [1.29, 1.82) is 0 Å². The van der Waals surface area contributed by atoms with Gasteiger partial charge < -0.3 is 14.8 Å². The molecule has 1 aliphatic rings. The molecule has 4 heteroatoms. The third-order valence-corrected chi connectivity index (χ3v) is 2.35. The Hall–Kier alpha value is -1.13. The normalized spacial score (nSPS) is 20.5. The summed E-state index contributed by atoms with van der Waals surface area (Å²) in [6.45, 7) is 2.28. The van der Waals surface area contributed by atoms with Gasteiger partial charge in [-0.05, 0) is 19.2 Å². The van der Waals surface area contributed by atoms with Crippen LogP contribution in [0.5, 0.6) is 5.75 Å². The Balaban J connectivity index is 1.91. The van der Waals surface area contributed by atoms with Crippen LogP contribution < -0.4 is 10.1 Å². The molecule has 2 rings (SSSR count). The zero-order chi connectivity index (χ0) is 10.5. The van der Waals surface area contributed by atoms with Gasteiger partial charge >= 0.3 is 0 Å². The predicted molar refractivity (Wildman–Crippen MR) is 56.9 cm³/mol. The van der Waals surface area contributed by atoms with Gasteiger partial charge in [0.05, 0.1) is 25.1 Å². The molecule has 0 bridgehead atoms. The van der Waals surface area contributed by atoms with E-state index < -0.39 is 0 Å². The number of nitrogens with one attached hydrogen (secondary N) is 1. The Morgan fingerprint density at radius 1 is 1.60 bits per heavy atom. The van der Waals surface area contributed by atoms with E-state index in [1.807, 2.05) is 19.2 Å². The Morgan fingerprint density at radius 3 is 3.13 bits per heavy atom. The van der Waals surface area contributed by atoms with Crippen LogP contribution in [-0.4, -0.2) is 31.3 Å². The monoisotopic (exact) mass is 208 g/mol. The van der Waals surface area contributed by atoms with E-state index in [2.05, 4.69) is 10.3 Å². The molecule has 1 saturated heterocycles. The maximum Gasteiger partial charge on any atom is 0.138 e. The number of pyridine rings is 1. The van der Waals surface area contributed by atoms with Crippen LogP contribution >= 0.6 is 0 Å². The van der Waals surface area contributed by atoms with Crippen LogP contribution in [0.2, 0.25) is 0 Å². The second-order valence-electron chi connectivity index (χ2n) is 3.62. The van der Waals surface area contributed by atoms with E-state index in [1.165, 1.54) is 0 Å². The van der Waals surface area contributed by atoms with Crippen molar-refractivity contribution in [3.63, 3.8) is 0 Å². The quantitative estimate of drug-likeness (QED) is 0.800. The zero-order valence-electron chi connectivity index (χ0n) is 8.90. The number of nitrogens with zero attached hydrogens (tertiary/aromatic N) is 1. The highest BCUT2D eigenvalue weighted by Crippen LogP contribution is 2.15. The molecular formula is C11H16N2O2. The first kappa shape index (κ1) is 10.4. The number of rotatable bonds is 4. The lowest BCUT2D eigenvalue weighted by atomic mass is 10.3. The van der Waals surface area contributed by atoms with E-state index in [1.54, 1.807) is 6.20 Å². The van der Waals surface area contributed by atoms with E-state index in [0.29, 0.717) is 6.61 Å². The van der Waals surface area contributed by atoms with Crippen molar-refractivity contribution in [3.8, 4) is 5.75 Å². The van der Waals surface area contributed by atoms with Crippen molar-refractivity contribution in [2.45, 2.75) is 19.1 Å². The molecule has 1 aliphatic heterocycles. The summed E-state index contributed by atoms with van der Waals surface area (Å²) in [4.78, 5) is 4.28. The fourth-order valence-electron chi connectivity index (χ4n) is 1.56. The molecule has 0 radical (unpaired) electrons. The average molecular weight is 208 g/mol. The molecule has 4 nitrogen and oxygen atoms in total. The molecule has 0 amide bonds. The van der Waals surface area contributed by atoms with E-state index >= 15 is 0 Å². The van der Waals surface area contributed by atoms with Crippen molar-refractivity contribution in [2.24, 2.45) is 0 Å². The zero-order valence-corrected chi connectivity index (χ0v) is 8.90. The van der Waals surface area contributed by atoms with Gasteiger partial charge in [-0.25, -0.2) is 0 Å². The van der Waals surface area contributed by atoms with Crippen LogP contribution in [-0.2, 0) is 11.3 Å². The van der Waals surface area contributed by atoms with Crippen LogP contribution in [0, 0.1) is 0 Å². The summed E-state index contributed by atoms with van der Waals surface area (Å²) < 4.78 is 10.9. The average Bonchev–Trinajstić information content (AvgIpc) is 2.74. The topological polar surface area (TPSA) is 43.4 Å². The molecule has 1 atom stereocenters. The molecule has 1 aromatic rings. The van der Waals surface area contributed by atoms with E-state index in [0.717, 1.165) is 31.0 Å². The van der Waals surface area contributed by atoms with E-state index in [4.69, 9.17) is 9.47 Å². The molecule has 1 aromatic heterocycles. The third kappa shape index (κ3) is 2.91. The second kappa shape index (κ2) is 5.09. The first-order valence-electron chi connectivity index (χ1n) is 5.22. The van der Waals surface area contributed by atoms with Gasteiger partial charge in [0.1, 0.15) is 11.9 Å². The van der Waals surface area contributed by atoms with Gasteiger partial charge in [0.25, 0.3) is 0 Å². The van der Waals surface area contributed by atoms with Gasteiger partial charge in [0.15, 0.2) is 0 Å². The molecule has 1 unspecified atom stereocenters. The molecule has 1 fully saturated rings. The number of hydrogen-bond donors (Lipinski definition) is 1. The summed E-state index contributed by atoms with van der Waals surface area (Å²) in [6.07, 6.45) is 2.94. The number of ether oxygens (including phenoxy) is 2. The van der Waals surface area contributed by atoms with Crippen molar-refractivity contribution >= 4 is 0 Å². The van der Waals surface area contributed by atoms with Crippen molar-refractivity contribution in [1.82, 2.24) is 10.3 Å². The molecule has 2 heterocycles. The lowest BCUT2D eigenvalue weighted by Gasteiger charge is -2.11. The Morgan fingerprint density at radius 2 is 2.53 bits per heavy atom. The number of aromatic nitrogens is 1. The van der Waals surface area contributed by atoms with Crippen LogP contribution in [0.15, 0.2) is 18.3 Å². The van der Waals surface area contributed by atoms with Crippen LogP contribution in [0.25, 0.3) is 0 Å². The minimum absolute atomic E-state index is 0.196. The SMILES string of the molecule is CNCc1ccc(OC2CCOC2)cn1. The molecule has 0 aromatic carbocycles. The maximum atomic E-state index is 5.70. The standard InChI is InChI=1S/C11H16N2O2/c1-12-6-9-2-3-10(7-13-9)15-11-4-5-14-8-11/h2-3,7,11-12H,4-6,8H2,1H3. The van der Waals surface area contributed by atoms with E-state index in [9.17, 15) is 0 Å². The third-order valence-electron chi connectivity index (χ3n) is 2.35. The molecule has 15 heavy (non-hydrogen) atoms. The molecule has 1 N–H and O–H groups in total. The van der Waals surface area contributed by atoms with Crippen LogP contribution in [0.1, 0.15) is 12.1 Å². The molecule has 82 valence electrons.